The van der Waals surface area contributed by atoms with E-state index in [0.717, 1.165) is 0 Å². The smallest absolute Gasteiger partial charge is 0.212 e. The van der Waals surface area contributed by atoms with Gasteiger partial charge in [0.1, 0.15) is 5.78 Å². The first kappa shape index (κ1) is 8.67. The van der Waals surface area contributed by atoms with Gasteiger partial charge < -0.3 is 0 Å². The summed E-state index contributed by atoms with van der Waals surface area (Å²) in [5.41, 5.74) is 0. The Hall–Kier alpha value is -0.420. The van der Waals surface area contributed by atoms with Gasteiger partial charge in [0.15, 0.2) is 0 Å². The van der Waals surface area contributed by atoms with Gasteiger partial charge >= 0.3 is 0 Å². The van der Waals surface area contributed by atoms with Crippen molar-refractivity contribution < 1.29 is 13.2 Å². The van der Waals surface area contributed by atoms with Crippen LogP contribution in [0.2, 0.25) is 0 Å². The summed E-state index contributed by atoms with van der Waals surface area (Å²) < 4.78 is 24.1. The van der Waals surface area contributed by atoms with Gasteiger partial charge in [-0.2, -0.15) is 0 Å². The molecule has 0 spiro atoms. The lowest BCUT2D eigenvalue weighted by molar-refractivity contribution is -0.118. The largest absolute Gasteiger partial charge is 0.298 e. The van der Waals surface area contributed by atoms with Gasteiger partial charge in [-0.1, -0.05) is 0 Å². The molecule has 1 aliphatic heterocycles. The monoisotopic (exact) mass is 177 g/mol. The first-order chi connectivity index (χ1) is 5.01. The number of ketones is 1. The Morgan fingerprint density at radius 3 is 2.55 bits per heavy atom. The summed E-state index contributed by atoms with van der Waals surface area (Å²) in [4.78, 5) is 10.8. The van der Waals surface area contributed by atoms with E-state index in [9.17, 15) is 13.2 Å². The summed E-state index contributed by atoms with van der Waals surface area (Å²) >= 11 is 0. The Morgan fingerprint density at radius 2 is 2.18 bits per heavy atom. The quantitative estimate of drug-likeness (QED) is 0.596. The van der Waals surface area contributed by atoms with Crippen LogP contribution < -0.4 is 4.72 Å². The number of carbonyl (C=O) groups is 1. The molecule has 1 aliphatic rings. The van der Waals surface area contributed by atoms with Gasteiger partial charge in [-0.15, -0.1) is 0 Å². The highest BCUT2D eigenvalue weighted by atomic mass is 32.2. The maximum atomic E-state index is 10.9. The maximum absolute atomic E-state index is 10.9. The molecule has 1 fully saturated rings. The Bertz CT molecular complexity index is 257. The third-order valence-electron chi connectivity index (χ3n) is 1.72. The van der Waals surface area contributed by atoms with Gasteiger partial charge in [-0.3, -0.25) is 4.79 Å². The molecule has 0 bridgehead atoms. The highest BCUT2D eigenvalue weighted by molar-refractivity contribution is 7.89. The molecule has 0 aromatic carbocycles. The molecule has 1 rings (SSSR count). The molecular weight excluding hydrogens is 166 g/mol. The first-order valence-corrected chi connectivity index (χ1v) is 5.17. The molecule has 11 heavy (non-hydrogen) atoms. The zero-order valence-electron chi connectivity index (χ0n) is 6.33. The topological polar surface area (TPSA) is 63.2 Å². The van der Waals surface area contributed by atoms with Crippen molar-refractivity contribution in [1.29, 1.82) is 0 Å². The maximum Gasteiger partial charge on any atom is 0.212 e. The van der Waals surface area contributed by atoms with Crippen molar-refractivity contribution in [2.45, 2.75) is 25.8 Å². The number of sulfonamides is 1. The third-order valence-corrected chi connectivity index (χ3v) is 3.19. The van der Waals surface area contributed by atoms with Crippen molar-refractivity contribution in [2.24, 2.45) is 0 Å². The van der Waals surface area contributed by atoms with E-state index in [4.69, 9.17) is 0 Å². The molecule has 0 aromatic rings. The number of hydrogen-bond donors (Lipinski definition) is 1. The molecule has 0 radical (unpaired) electrons. The molecule has 5 heteroatoms. The predicted molar refractivity (Wildman–Crippen MR) is 40.6 cm³/mol. The average molecular weight is 177 g/mol. The molecule has 0 aromatic heterocycles. The Labute approximate surface area is 66.0 Å². The van der Waals surface area contributed by atoms with Crippen molar-refractivity contribution in [3.8, 4) is 0 Å². The highest BCUT2D eigenvalue weighted by Gasteiger charge is 2.25. The first-order valence-electron chi connectivity index (χ1n) is 3.52. The van der Waals surface area contributed by atoms with E-state index in [1.54, 1.807) is 0 Å². The molecule has 1 N–H and O–H groups in total. The summed E-state index contributed by atoms with van der Waals surface area (Å²) in [6.45, 7) is 1.40. The molecule has 0 saturated carbocycles. The molecule has 0 unspecified atom stereocenters. The molecule has 1 heterocycles. The SMILES string of the molecule is CC(=O)[C@@H]1CCCS(=O)(=O)N1. The molecule has 1 saturated heterocycles. The fraction of sp³-hybridized carbons (Fsp3) is 0.833. The summed E-state index contributed by atoms with van der Waals surface area (Å²) in [5, 5.41) is 0. The van der Waals surface area contributed by atoms with Crippen LogP contribution >= 0.6 is 0 Å². The average Bonchev–Trinajstić information content (AvgIpc) is 1.85. The Balaban J connectivity index is 2.68. The molecule has 64 valence electrons. The fourth-order valence-electron chi connectivity index (χ4n) is 1.10. The van der Waals surface area contributed by atoms with E-state index in [0.29, 0.717) is 12.8 Å². The number of carbonyl (C=O) groups excluding carboxylic acids is 1. The minimum absolute atomic E-state index is 0.103. The van der Waals surface area contributed by atoms with Crippen LogP contribution in [0, 0.1) is 0 Å². The lowest BCUT2D eigenvalue weighted by Crippen LogP contribution is -2.44. The molecule has 4 nitrogen and oxygen atoms in total. The second-order valence-electron chi connectivity index (χ2n) is 2.74. The lowest BCUT2D eigenvalue weighted by atomic mass is 10.1. The van der Waals surface area contributed by atoms with Crippen molar-refractivity contribution in [2.75, 3.05) is 5.75 Å². The van der Waals surface area contributed by atoms with E-state index in [1.807, 2.05) is 0 Å². The normalized spacial score (nSPS) is 29.7. The van der Waals surface area contributed by atoms with E-state index in [-0.39, 0.29) is 11.5 Å². The zero-order valence-corrected chi connectivity index (χ0v) is 7.15. The summed E-state index contributed by atoms with van der Waals surface area (Å²) in [7, 11) is -3.15. The Kier molecular flexibility index (Phi) is 2.29. The number of Topliss-reactive ketones (excluding diaryl/α,β-unsaturated/α-hetero) is 1. The standard InChI is InChI=1S/C6H11NO3S/c1-5(8)6-3-2-4-11(9,10)7-6/h6-7H,2-4H2,1H3/t6-/m0/s1. The van der Waals surface area contributed by atoms with Crippen LogP contribution in [-0.4, -0.2) is 26.0 Å². The van der Waals surface area contributed by atoms with Crippen LogP contribution in [-0.2, 0) is 14.8 Å². The van der Waals surface area contributed by atoms with Gasteiger partial charge in [0.05, 0.1) is 11.8 Å². The van der Waals surface area contributed by atoms with Gasteiger partial charge in [-0.25, -0.2) is 13.1 Å². The second-order valence-corrected chi connectivity index (χ2v) is 4.62. The van der Waals surface area contributed by atoms with Crippen molar-refractivity contribution >= 4 is 15.8 Å². The van der Waals surface area contributed by atoms with Crippen LogP contribution in [0.1, 0.15) is 19.8 Å². The second kappa shape index (κ2) is 2.91. The van der Waals surface area contributed by atoms with E-state index in [1.165, 1.54) is 6.92 Å². The van der Waals surface area contributed by atoms with E-state index >= 15 is 0 Å². The number of nitrogens with one attached hydrogen (secondary N) is 1. The number of rotatable bonds is 1. The van der Waals surface area contributed by atoms with E-state index < -0.39 is 16.1 Å². The minimum Gasteiger partial charge on any atom is -0.298 e. The summed E-state index contributed by atoms with van der Waals surface area (Å²) in [6, 6.07) is -0.478. The zero-order chi connectivity index (χ0) is 8.48. The third kappa shape index (κ3) is 2.27. The summed E-state index contributed by atoms with van der Waals surface area (Å²) in [6.07, 6.45) is 1.22. The van der Waals surface area contributed by atoms with Crippen molar-refractivity contribution in [3.05, 3.63) is 0 Å². The summed E-state index contributed by atoms with van der Waals surface area (Å²) in [5.74, 6) is 0.0461. The van der Waals surface area contributed by atoms with Gasteiger partial charge in [0.2, 0.25) is 10.0 Å². The lowest BCUT2D eigenvalue weighted by Gasteiger charge is -2.20. The number of hydrogen-bond acceptors (Lipinski definition) is 3. The van der Waals surface area contributed by atoms with Crippen LogP contribution in [0.5, 0.6) is 0 Å². The highest BCUT2D eigenvalue weighted by Crippen LogP contribution is 2.08. The molecule has 0 aliphatic carbocycles. The fourth-order valence-corrected chi connectivity index (χ4v) is 2.48. The molecule has 0 amide bonds. The minimum atomic E-state index is -3.15. The van der Waals surface area contributed by atoms with Gasteiger partial charge in [0, 0.05) is 0 Å². The van der Waals surface area contributed by atoms with E-state index in [2.05, 4.69) is 4.72 Å². The molecular formula is C6H11NO3S. The molecule has 1 atom stereocenters. The van der Waals surface area contributed by atoms with Gasteiger partial charge in [-0.05, 0) is 19.8 Å². The van der Waals surface area contributed by atoms with Crippen molar-refractivity contribution in [1.82, 2.24) is 4.72 Å². The van der Waals surface area contributed by atoms with Crippen LogP contribution in [0.15, 0.2) is 0 Å². The van der Waals surface area contributed by atoms with Crippen LogP contribution in [0.25, 0.3) is 0 Å². The van der Waals surface area contributed by atoms with Crippen molar-refractivity contribution in [3.63, 3.8) is 0 Å². The Morgan fingerprint density at radius 1 is 1.55 bits per heavy atom. The predicted octanol–water partition coefficient (Wildman–Crippen LogP) is -0.343. The van der Waals surface area contributed by atoms with Crippen LogP contribution in [0.4, 0.5) is 0 Å². The van der Waals surface area contributed by atoms with Crippen LogP contribution in [0.3, 0.4) is 0 Å². The van der Waals surface area contributed by atoms with Gasteiger partial charge in [0.25, 0.3) is 0 Å².